The summed E-state index contributed by atoms with van der Waals surface area (Å²) in [4.78, 5) is 14.6. The van der Waals surface area contributed by atoms with Gasteiger partial charge in [-0.05, 0) is 31.4 Å². The first-order valence-corrected chi connectivity index (χ1v) is 6.35. The van der Waals surface area contributed by atoms with E-state index in [-0.39, 0.29) is 5.28 Å². The standard InChI is InChI=1S/C11H20ClN5/c1-5-17(6-2)11-15-9(12)14-10(16-11)13-7-8(3)4/h8H,5-7H2,1-4H3,(H,13,14,15,16). The van der Waals surface area contributed by atoms with Gasteiger partial charge in [-0.2, -0.15) is 15.0 Å². The quantitative estimate of drug-likeness (QED) is 0.848. The molecule has 1 heterocycles. The zero-order valence-corrected chi connectivity index (χ0v) is 11.6. The highest BCUT2D eigenvalue weighted by atomic mass is 35.5. The van der Waals surface area contributed by atoms with Gasteiger partial charge < -0.3 is 10.2 Å². The average Bonchev–Trinajstić information content (AvgIpc) is 2.27. The summed E-state index contributed by atoms with van der Waals surface area (Å²) in [5.74, 6) is 1.70. The van der Waals surface area contributed by atoms with Crippen molar-refractivity contribution in [3.63, 3.8) is 0 Å². The molecule has 0 radical (unpaired) electrons. The lowest BCUT2D eigenvalue weighted by atomic mass is 10.2. The van der Waals surface area contributed by atoms with Gasteiger partial charge in [0.15, 0.2) is 0 Å². The molecule has 0 amide bonds. The number of halogens is 1. The number of aromatic nitrogens is 3. The maximum atomic E-state index is 5.89. The molecule has 1 rings (SSSR count). The maximum Gasteiger partial charge on any atom is 0.231 e. The second kappa shape index (κ2) is 6.59. The number of nitrogens with one attached hydrogen (secondary N) is 1. The molecule has 0 saturated carbocycles. The van der Waals surface area contributed by atoms with Crippen LogP contribution in [-0.4, -0.2) is 34.6 Å². The van der Waals surface area contributed by atoms with Crippen molar-refractivity contribution in [1.82, 2.24) is 15.0 Å². The summed E-state index contributed by atoms with van der Waals surface area (Å²) in [5.41, 5.74) is 0. The Balaban J connectivity index is 2.85. The van der Waals surface area contributed by atoms with Crippen molar-refractivity contribution in [2.45, 2.75) is 27.7 Å². The van der Waals surface area contributed by atoms with Gasteiger partial charge in [0.05, 0.1) is 0 Å². The van der Waals surface area contributed by atoms with Crippen LogP contribution in [0.25, 0.3) is 0 Å². The molecule has 1 N–H and O–H groups in total. The Labute approximate surface area is 108 Å². The number of rotatable bonds is 6. The third-order valence-electron chi connectivity index (χ3n) is 2.31. The first-order valence-electron chi connectivity index (χ1n) is 5.97. The summed E-state index contributed by atoms with van der Waals surface area (Å²) < 4.78 is 0. The third kappa shape index (κ3) is 4.34. The molecule has 0 unspecified atom stereocenters. The molecule has 96 valence electrons. The number of anilines is 2. The van der Waals surface area contributed by atoms with Crippen molar-refractivity contribution in [3.05, 3.63) is 5.28 Å². The lowest BCUT2D eigenvalue weighted by Crippen LogP contribution is -2.25. The second-order valence-electron chi connectivity index (χ2n) is 4.18. The summed E-state index contributed by atoms with van der Waals surface area (Å²) in [6.07, 6.45) is 0. The van der Waals surface area contributed by atoms with E-state index in [2.05, 4.69) is 48.0 Å². The van der Waals surface area contributed by atoms with Crippen molar-refractivity contribution in [2.24, 2.45) is 5.92 Å². The van der Waals surface area contributed by atoms with Gasteiger partial charge in [-0.3, -0.25) is 0 Å². The number of hydrogen-bond donors (Lipinski definition) is 1. The molecule has 0 bridgehead atoms. The average molecular weight is 258 g/mol. The Hall–Kier alpha value is -1.10. The number of nitrogens with zero attached hydrogens (tertiary/aromatic N) is 4. The Kier molecular flexibility index (Phi) is 5.41. The molecular weight excluding hydrogens is 238 g/mol. The largest absolute Gasteiger partial charge is 0.354 e. The molecule has 17 heavy (non-hydrogen) atoms. The van der Waals surface area contributed by atoms with Gasteiger partial charge in [-0.1, -0.05) is 13.8 Å². The minimum atomic E-state index is 0.230. The highest BCUT2D eigenvalue weighted by Gasteiger charge is 2.09. The first kappa shape index (κ1) is 14.0. The van der Waals surface area contributed by atoms with Crippen LogP contribution in [-0.2, 0) is 0 Å². The van der Waals surface area contributed by atoms with E-state index in [0.717, 1.165) is 19.6 Å². The summed E-state index contributed by atoms with van der Waals surface area (Å²) in [6.45, 7) is 10.9. The van der Waals surface area contributed by atoms with E-state index in [9.17, 15) is 0 Å². The van der Waals surface area contributed by atoms with Crippen LogP contribution in [0.5, 0.6) is 0 Å². The molecule has 0 atom stereocenters. The minimum Gasteiger partial charge on any atom is -0.354 e. The molecule has 0 aromatic carbocycles. The normalized spacial score (nSPS) is 10.7. The van der Waals surface area contributed by atoms with Crippen LogP contribution < -0.4 is 10.2 Å². The lowest BCUT2D eigenvalue weighted by Gasteiger charge is -2.19. The smallest absolute Gasteiger partial charge is 0.231 e. The highest BCUT2D eigenvalue weighted by molar-refractivity contribution is 6.28. The van der Waals surface area contributed by atoms with Crippen molar-refractivity contribution in [2.75, 3.05) is 29.9 Å². The highest BCUT2D eigenvalue weighted by Crippen LogP contribution is 2.13. The van der Waals surface area contributed by atoms with Crippen molar-refractivity contribution < 1.29 is 0 Å². The molecular formula is C11H20ClN5. The van der Waals surface area contributed by atoms with Gasteiger partial charge in [0, 0.05) is 19.6 Å². The predicted octanol–water partition coefficient (Wildman–Crippen LogP) is 2.44. The van der Waals surface area contributed by atoms with Crippen molar-refractivity contribution in [3.8, 4) is 0 Å². The summed E-state index contributed by atoms with van der Waals surface area (Å²) >= 11 is 5.89. The fraction of sp³-hybridized carbons (Fsp3) is 0.727. The van der Waals surface area contributed by atoms with E-state index < -0.39 is 0 Å². The fourth-order valence-electron chi connectivity index (χ4n) is 1.36. The minimum absolute atomic E-state index is 0.230. The SMILES string of the molecule is CCN(CC)c1nc(Cl)nc(NCC(C)C)n1. The first-order chi connectivity index (χ1) is 8.06. The molecule has 0 fully saturated rings. The topological polar surface area (TPSA) is 53.9 Å². The van der Waals surface area contributed by atoms with Crippen LogP contribution in [0.2, 0.25) is 5.28 Å². The van der Waals surface area contributed by atoms with Gasteiger partial charge in [0.2, 0.25) is 17.2 Å². The van der Waals surface area contributed by atoms with Crippen LogP contribution in [0.15, 0.2) is 0 Å². The van der Waals surface area contributed by atoms with Gasteiger partial charge in [0.25, 0.3) is 0 Å². The van der Waals surface area contributed by atoms with E-state index in [1.54, 1.807) is 0 Å². The molecule has 0 aliphatic heterocycles. The summed E-state index contributed by atoms with van der Waals surface area (Å²) in [6, 6.07) is 0. The molecule has 1 aromatic rings. The Morgan fingerprint density at radius 2 is 1.82 bits per heavy atom. The van der Waals surface area contributed by atoms with E-state index in [0.29, 0.717) is 17.8 Å². The van der Waals surface area contributed by atoms with Crippen LogP contribution in [0.4, 0.5) is 11.9 Å². The molecule has 0 spiro atoms. The van der Waals surface area contributed by atoms with Gasteiger partial charge >= 0.3 is 0 Å². The molecule has 0 saturated heterocycles. The van der Waals surface area contributed by atoms with Crippen LogP contribution >= 0.6 is 11.6 Å². The van der Waals surface area contributed by atoms with Gasteiger partial charge in [-0.25, -0.2) is 0 Å². The Morgan fingerprint density at radius 3 is 2.35 bits per heavy atom. The van der Waals surface area contributed by atoms with E-state index in [1.807, 2.05) is 4.90 Å². The lowest BCUT2D eigenvalue weighted by molar-refractivity contribution is 0.683. The van der Waals surface area contributed by atoms with Gasteiger partial charge in [-0.15, -0.1) is 0 Å². The molecule has 1 aromatic heterocycles. The molecule has 6 heteroatoms. The molecule has 5 nitrogen and oxygen atoms in total. The zero-order valence-electron chi connectivity index (χ0n) is 10.9. The van der Waals surface area contributed by atoms with Crippen LogP contribution in [0.1, 0.15) is 27.7 Å². The monoisotopic (exact) mass is 257 g/mol. The van der Waals surface area contributed by atoms with E-state index in [4.69, 9.17) is 11.6 Å². The van der Waals surface area contributed by atoms with Crippen LogP contribution in [0, 0.1) is 5.92 Å². The van der Waals surface area contributed by atoms with Crippen LogP contribution in [0.3, 0.4) is 0 Å². The Bertz CT molecular complexity index is 352. The fourth-order valence-corrected chi connectivity index (χ4v) is 1.52. The van der Waals surface area contributed by atoms with E-state index in [1.165, 1.54) is 0 Å². The predicted molar refractivity (Wildman–Crippen MR) is 71.7 cm³/mol. The zero-order chi connectivity index (χ0) is 12.8. The molecule has 0 aliphatic rings. The maximum absolute atomic E-state index is 5.89. The second-order valence-corrected chi connectivity index (χ2v) is 4.51. The molecule has 0 aliphatic carbocycles. The number of hydrogen-bond acceptors (Lipinski definition) is 5. The summed E-state index contributed by atoms with van der Waals surface area (Å²) in [7, 11) is 0. The van der Waals surface area contributed by atoms with Crippen molar-refractivity contribution >= 4 is 23.5 Å². The van der Waals surface area contributed by atoms with Crippen molar-refractivity contribution in [1.29, 1.82) is 0 Å². The van der Waals surface area contributed by atoms with Gasteiger partial charge in [0.1, 0.15) is 0 Å². The van der Waals surface area contributed by atoms with E-state index >= 15 is 0 Å². The summed E-state index contributed by atoms with van der Waals surface area (Å²) in [5, 5.41) is 3.38. The Morgan fingerprint density at radius 1 is 1.18 bits per heavy atom. The third-order valence-corrected chi connectivity index (χ3v) is 2.48.